The number of likely N-dealkylation sites (N-methyl/N-ethyl adjacent to an activating group) is 1. The van der Waals surface area contributed by atoms with E-state index in [1.54, 1.807) is 13.0 Å². The van der Waals surface area contributed by atoms with Crippen molar-refractivity contribution in [1.82, 2.24) is 0 Å². The summed E-state index contributed by atoms with van der Waals surface area (Å²) in [6.07, 6.45) is 2.05. The van der Waals surface area contributed by atoms with Crippen molar-refractivity contribution in [1.29, 1.82) is 5.26 Å². The van der Waals surface area contributed by atoms with E-state index in [1.807, 2.05) is 24.1 Å². The van der Waals surface area contributed by atoms with Crippen LogP contribution >= 0.6 is 0 Å². The summed E-state index contributed by atoms with van der Waals surface area (Å²) in [7, 11) is 1.96. The molecule has 0 heterocycles. The average Bonchev–Trinajstić information content (AvgIpc) is 3.26. The molecular weight excluding hydrogens is 252 g/mol. The molecule has 0 aliphatic heterocycles. The Morgan fingerprint density at radius 3 is 2.85 bits per heavy atom. The normalized spacial score (nSPS) is 15.7. The molecule has 4 heteroatoms. The first-order chi connectivity index (χ1) is 9.61. The van der Waals surface area contributed by atoms with Crippen LogP contribution in [0.4, 0.5) is 5.69 Å². The highest BCUT2D eigenvalue weighted by molar-refractivity contribution is 5.58. The maximum atomic E-state index is 9.83. The van der Waals surface area contributed by atoms with Crippen molar-refractivity contribution in [2.24, 2.45) is 5.92 Å². The van der Waals surface area contributed by atoms with Gasteiger partial charge in [0.2, 0.25) is 0 Å². The maximum Gasteiger partial charge on any atom is 0.0992 e. The van der Waals surface area contributed by atoms with Gasteiger partial charge in [-0.1, -0.05) is 6.07 Å². The van der Waals surface area contributed by atoms with Crippen molar-refractivity contribution in [2.45, 2.75) is 25.9 Å². The highest BCUT2D eigenvalue weighted by atomic mass is 16.5. The predicted octanol–water partition coefficient (Wildman–Crippen LogP) is 2.47. The molecule has 1 unspecified atom stereocenters. The van der Waals surface area contributed by atoms with E-state index in [4.69, 9.17) is 10.00 Å². The van der Waals surface area contributed by atoms with E-state index in [-0.39, 0.29) is 0 Å². The number of nitriles is 1. The Hall–Kier alpha value is -1.57. The Kier molecular flexibility index (Phi) is 4.99. The highest BCUT2D eigenvalue weighted by Crippen LogP contribution is 2.29. The summed E-state index contributed by atoms with van der Waals surface area (Å²) in [5.41, 5.74) is 2.35. The fraction of sp³-hybridized carbons (Fsp3) is 0.562. The third-order valence-electron chi connectivity index (χ3n) is 3.64. The van der Waals surface area contributed by atoms with E-state index >= 15 is 0 Å². The van der Waals surface area contributed by atoms with Crippen LogP contribution in [0, 0.1) is 17.2 Å². The van der Waals surface area contributed by atoms with Crippen molar-refractivity contribution in [3.63, 3.8) is 0 Å². The first kappa shape index (κ1) is 14.8. The van der Waals surface area contributed by atoms with Gasteiger partial charge in [-0.05, 0) is 37.8 Å². The number of anilines is 1. The van der Waals surface area contributed by atoms with Gasteiger partial charge in [0.05, 0.1) is 24.3 Å². The molecule has 1 fully saturated rings. The summed E-state index contributed by atoms with van der Waals surface area (Å²) in [6, 6.07) is 7.52. The lowest BCUT2D eigenvalue weighted by molar-refractivity contribution is 0.130. The van der Waals surface area contributed by atoms with Crippen molar-refractivity contribution < 1.29 is 9.84 Å². The lowest BCUT2D eigenvalue weighted by Crippen LogP contribution is -2.24. The van der Waals surface area contributed by atoms with Gasteiger partial charge in [-0.25, -0.2) is 0 Å². The minimum atomic E-state index is -0.549. The Morgan fingerprint density at radius 2 is 2.25 bits per heavy atom. The van der Waals surface area contributed by atoms with Gasteiger partial charge in [0.15, 0.2) is 0 Å². The molecule has 1 saturated carbocycles. The zero-order valence-electron chi connectivity index (χ0n) is 12.2. The molecule has 1 aromatic rings. The number of benzene rings is 1. The average molecular weight is 274 g/mol. The van der Waals surface area contributed by atoms with Crippen LogP contribution in [-0.4, -0.2) is 31.9 Å². The SMILES string of the molecule is CC(O)c1ccc(C#N)cc1N(C)CCOCC1CC1. The summed E-state index contributed by atoms with van der Waals surface area (Å²) in [6.45, 7) is 4.02. The monoisotopic (exact) mass is 274 g/mol. The van der Waals surface area contributed by atoms with Crippen molar-refractivity contribution in [2.75, 3.05) is 31.7 Å². The van der Waals surface area contributed by atoms with Crippen LogP contribution in [0.15, 0.2) is 18.2 Å². The molecule has 2 rings (SSSR count). The molecule has 0 bridgehead atoms. The summed E-state index contributed by atoms with van der Waals surface area (Å²) in [5.74, 6) is 0.773. The molecule has 108 valence electrons. The van der Waals surface area contributed by atoms with Crippen molar-refractivity contribution >= 4 is 5.69 Å². The maximum absolute atomic E-state index is 9.83. The standard InChI is InChI=1S/C16H22N2O2/c1-12(19)15-6-5-14(10-17)9-16(15)18(2)7-8-20-11-13-3-4-13/h5-6,9,12-13,19H,3-4,7-8,11H2,1-2H3. The molecule has 1 aliphatic rings. The zero-order chi connectivity index (χ0) is 14.5. The molecule has 0 radical (unpaired) electrons. The van der Waals surface area contributed by atoms with Crippen LogP contribution in [0.2, 0.25) is 0 Å². The Morgan fingerprint density at radius 1 is 1.50 bits per heavy atom. The number of rotatable bonds is 7. The second-order valence-electron chi connectivity index (χ2n) is 5.50. The first-order valence-electron chi connectivity index (χ1n) is 7.13. The predicted molar refractivity (Wildman–Crippen MR) is 78.6 cm³/mol. The molecule has 1 atom stereocenters. The van der Waals surface area contributed by atoms with Gasteiger partial charge in [0.25, 0.3) is 0 Å². The van der Waals surface area contributed by atoms with Crippen LogP contribution in [0.1, 0.15) is 37.0 Å². The minimum absolute atomic E-state index is 0.549. The first-order valence-corrected chi connectivity index (χ1v) is 7.13. The number of aliphatic hydroxyl groups is 1. The van der Waals surface area contributed by atoms with Crippen molar-refractivity contribution in [3.05, 3.63) is 29.3 Å². The Bertz CT molecular complexity index is 490. The molecular formula is C16H22N2O2. The zero-order valence-corrected chi connectivity index (χ0v) is 12.2. The highest BCUT2D eigenvalue weighted by Gasteiger charge is 2.21. The quantitative estimate of drug-likeness (QED) is 0.776. The Labute approximate surface area is 120 Å². The van der Waals surface area contributed by atoms with Gasteiger partial charge in [-0.2, -0.15) is 5.26 Å². The molecule has 0 aromatic heterocycles. The number of aliphatic hydroxyl groups excluding tert-OH is 1. The largest absolute Gasteiger partial charge is 0.389 e. The van der Waals surface area contributed by atoms with Crippen LogP contribution < -0.4 is 4.90 Å². The molecule has 1 N–H and O–H groups in total. The van der Waals surface area contributed by atoms with Crippen LogP contribution in [0.25, 0.3) is 0 Å². The molecule has 0 saturated heterocycles. The molecule has 1 aromatic carbocycles. The van der Waals surface area contributed by atoms with Crippen LogP contribution in [0.3, 0.4) is 0 Å². The number of ether oxygens (including phenoxy) is 1. The number of nitrogens with zero attached hydrogens (tertiary/aromatic N) is 2. The van der Waals surface area contributed by atoms with Crippen LogP contribution in [-0.2, 0) is 4.74 Å². The molecule has 1 aliphatic carbocycles. The lowest BCUT2D eigenvalue weighted by atomic mass is 10.0. The van der Waals surface area contributed by atoms with E-state index in [2.05, 4.69) is 6.07 Å². The Balaban J connectivity index is 1.98. The third-order valence-corrected chi connectivity index (χ3v) is 3.64. The molecule has 4 nitrogen and oxygen atoms in total. The van der Waals surface area contributed by atoms with Gasteiger partial charge >= 0.3 is 0 Å². The third kappa shape index (κ3) is 3.96. The molecule has 20 heavy (non-hydrogen) atoms. The van der Waals surface area contributed by atoms with Gasteiger partial charge < -0.3 is 14.7 Å². The van der Waals surface area contributed by atoms with E-state index in [0.717, 1.165) is 30.3 Å². The summed E-state index contributed by atoms with van der Waals surface area (Å²) < 4.78 is 5.64. The van der Waals surface area contributed by atoms with Gasteiger partial charge in [0, 0.05) is 31.5 Å². The second kappa shape index (κ2) is 6.74. The van der Waals surface area contributed by atoms with E-state index < -0.39 is 6.10 Å². The number of hydrogen-bond donors (Lipinski definition) is 1. The fourth-order valence-electron chi connectivity index (χ4n) is 2.15. The van der Waals surface area contributed by atoms with Gasteiger partial charge in [0.1, 0.15) is 0 Å². The summed E-state index contributed by atoms with van der Waals surface area (Å²) in [4.78, 5) is 2.04. The van der Waals surface area contributed by atoms with E-state index in [1.165, 1.54) is 12.8 Å². The number of hydrogen-bond acceptors (Lipinski definition) is 4. The fourth-order valence-corrected chi connectivity index (χ4v) is 2.15. The smallest absolute Gasteiger partial charge is 0.0992 e. The van der Waals surface area contributed by atoms with E-state index in [9.17, 15) is 5.11 Å². The van der Waals surface area contributed by atoms with Gasteiger partial charge in [-0.3, -0.25) is 0 Å². The minimum Gasteiger partial charge on any atom is -0.389 e. The lowest BCUT2D eigenvalue weighted by Gasteiger charge is -2.24. The van der Waals surface area contributed by atoms with Crippen LogP contribution in [0.5, 0.6) is 0 Å². The molecule has 0 amide bonds. The summed E-state index contributed by atoms with van der Waals surface area (Å²) >= 11 is 0. The second-order valence-corrected chi connectivity index (χ2v) is 5.50. The summed E-state index contributed by atoms with van der Waals surface area (Å²) in [5, 5.41) is 18.8. The van der Waals surface area contributed by atoms with Crippen molar-refractivity contribution in [3.8, 4) is 6.07 Å². The molecule has 0 spiro atoms. The van der Waals surface area contributed by atoms with Gasteiger partial charge in [-0.15, -0.1) is 0 Å². The van der Waals surface area contributed by atoms with E-state index in [0.29, 0.717) is 12.2 Å². The topological polar surface area (TPSA) is 56.5 Å².